The van der Waals surface area contributed by atoms with Crippen LogP contribution in [0.15, 0.2) is 34.9 Å². The molecule has 70 valence electrons. The van der Waals surface area contributed by atoms with Crippen LogP contribution in [0.25, 0.3) is 0 Å². The predicted molar refractivity (Wildman–Crippen MR) is 54.5 cm³/mol. The largest absolute Gasteiger partial charge is 0.355 e. The van der Waals surface area contributed by atoms with E-state index in [-0.39, 0.29) is 5.91 Å². The van der Waals surface area contributed by atoms with Gasteiger partial charge in [-0.15, -0.1) is 0 Å². The van der Waals surface area contributed by atoms with Crippen LogP contribution in [0.2, 0.25) is 0 Å². The lowest BCUT2D eigenvalue weighted by atomic mass is 10.1. The number of rotatable bonds is 1. The van der Waals surface area contributed by atoms with E-state index < -0.39 is 0 Å². The molecule has 0 unspecified atom stereocenters. The van der Waals surface area contributed by atoms with Gasteiger partial charge in [0, 0.05) is 17.7 Å². The van der Waals surface area contributed by atoms with Gasteiger partial charge in [0.1, 0.15) is 0 Å². The number of carbonyl (C=O) groups is 1. The summed E-state index contributed by atoms with van der Waals surface area (Å²) in [7, 11) is 1.62. The standard InChI is InChI=1S/C10H12ClNO/c1-12-10(13)8-5-3-2-4-6-9(11)7-8/h2,4,6-7H,3,5H2,1H3,(H,12,13). The van der Waals surface area contributed by atoms with Gasteiger partial charge < -0.3 is 5.32 Å². The Balaban J connectivity index is 2.85. The van der Waals surface area contributed by atoms with Gasteiger partial charge in [-0.1, -0.05) is 23.8 Å². The lowest BCUT2D eigenvalue weighted by Crippen LogP contribution is -2.20. The molecule has 0 saturated heterocycles. The minimum atomic E-state index is -0.0538. The maximum absolute atomic E-state index is 11.3. The highest BCUT2D eigenvalue weighted by atomic mass is 35.5. The normalized spacial score (nSPS) is 16.8. The topological polar surface area (TPSA) is 29.1 Å². The molecule has 1 aliphatic rings. The molecule has 0 aliphatic heterocycles. The third kappa shape index (κ3) is 3.07. The summed E-state index contributed by atoms with van der Waals surface area (Å²) in [5.41, 5.74) is 0.730. The first kappa shape index (κ1) is 10.1. The Morgan fingerprint density at radius 2 is 2.38 bits per heavy atom. The summed E-state index contributed by atoms with van der Waals surface area (Å²) in [5.74, 6) is -0.0538. The molecule has 1 rings (SSSR count). The van der Waals surface area contributed by atoms with Gasteiger partial charge in [0.05, 0.1) is 0 Å². The fourth-order valence-electron chi connectivity index (χ4n) is 1.12. The van der Waals surface area contributed by atoms with Crippen molar-refractivity contribution in [2.24, 2.45) is 0 Å². The minimum absolute atomic E-state index is 0.0538. The zero-order chi connectivity index (χ0) is 9.68. The summed E-state index contributed by atoms with van der Waals surface area (Å²) in [5, 5.41) is 3.18. The minimum Gasteiger partial charge on any atom is -0.355 e. The van der Waals surface area contributed by atoms with Crippen molar-refractivity contribution in [2.45, 2.75) is 12.8 Å². The Morgan fingerprint density at radius 3 is 3.08 bits per heavy atom. The summed E-state index contributed by atoms with van der Waals surface area (Å²) in [6.07, 6.45) is 9.01. The molecule has 0 bridgehead atoms. The second kappa shape index (κ2) is 4.87. The number of carbonyl (C=O) groups excluding carboxylic acids is 1. The van der Waals surface area contributed by atoms with Crippen LogP contribution in [0.3, 0.4) is 0 Å². The Morgan fingerprint density at radius 1 is 1.62 bits per heavy atom. The Labute approximate surface area is 83.0 Å². The van der Waals surface area contributed by atoms with Gasteiger partial charge in [-0.2, -0.15) is 0 Å². The van der Waals surface area contributed by atoms with E-state index in [4.69, 9.17) is 11.6 Å². The number of halogens is 1. The second-order valence-electron chi connectivity index (χ2n) is 2.77. The smallest absolute Gasteiger partial charge is 0.247 e. The van der Waals surface area contributed by atoms with Gasteiger partial charge in [-0.25, -0.2) is 0 Å². The van der Waals surface area contributed by atoms with Crippen molar-refractivity contribution in [3.8, 4) is 0 Å². The van der Waals surface area contributed by atoms with E-state index in [0.717, 1.165) is 18.4 Å². The van der Waals surface area contributed by atoms with Crippen LogP contribution >= 0.6 is 11.6 Å². The number of allylic oxidation sites excluding steroid dienone is 5. The second-order valence-corrected chi connectivity index (χ2v) is 3.20. The van der Waals surface area contributed by atoms with Crippen molar-refractivity contribution in [3.63, 3.8) is 0 Å². The van der Waals surface area contributed by atoms with E-state index in [9.17, 15) is 4.79 Å². The molecule has 0 aromatic rings. The van der Waals surface area contributed by atoms with Crippen LogP contribution in [-0.4, -0.2) is 13.0 Å². The molecule has 13 heavy (non-hydrogen) atoms. The average molecular weight is 198 g/mol. The Kier molecular flexibility index (Phi) is 3.77. The molecule has 0 fully saturated rings. The summed E-state index contributed by atoms with van der Waals surface area (Å²) in [6.45, 7) is 0. The van der Waals surface area contributed by atoms with Crippen LogP contribution in [0.5, 0.6) is 0 Å². The number of hydrogen-bond donors (Lipinski definition) is 1. The summed E-state index contributed by atoms with van der Waals surface area (Å²) < 4.78 is 0. The zero-order valence-corrected chi connectivity index (χ0v) is 8.27. The fraction of sp³-hybridized carbons (Fsp3) is 0.300. The van der Waals surface area contributed by atoms with Crippen molar-refractivity contribution >= 4 is 17.5 Å². The monoisotopic (exact) mass is 197 g/mol. The molecule has 1 aliphatic carbocycles. The van der Waals surface area contributed by atoms with E-state index in [0.29, 0.717) is 5.03 Å². The number of nitrogens with one attached hydrogen (secondary N) is 1. The molecule has 0 heterocycles. The van der Waals surface area contributed by atoms with Gasteiger partial charge >= 0.3 is 0 Å². The fourth-order valence-corrected chi connectivity index (χ4v) is 1.33. The van der Waals surface area contributed by atoms with E-state index in [2.05, 4.69) is 5.32 Å². The highest BCUT2D eigenvalue weighted by Gasteiger charge is 2.07. The molecule has 1 amide bonds. The molecule has 0 aromatic carbocycles. The van der Waals surface area contributed by atoms with Gasteiger partial charge in [0.25, 0.3) is 0 Å². The quantitative estimate of drug-likeness (QED) is 0.686. The Hall–Kier alpha value is -1.02. The third-order valence-corrected chi connectivity index (χ3v) is 2.04. The first-order valence-corrected chi connectivity index (χ1v) is 4.57. The van der Waals surface area contributed by atoms with Gasteiger partial charge in [0.2, 0.25) is 5.91 Å². The van der Waals surface area contributed by atoms with Gasteiger partial charge in [-0.05, 0) is 25.0 Å². The van der Waals surface area contributed by atoms with Crippen molar-refractivity contribution in [1.29, 1.82) is 0 Å². The lowest BCUT2D eigenvalue weighted by Gasteiger charge is -2.05. The Bertz CT molecular complexity index is 289. The average Bonchev–Trinajstić information content (AvgIpc) is 2.10. The molecular weight excluding hydrogens is 186 g/mol. The first-order chi connectivity index (χ1) is 6.24. The highest BCUT2D eigenvalue weighted by molar-refractivity contribution is 6.31. The van der Waals surface area contributed by atoms with E-state index in [1.165, 1.54) is 0 Å². The SMILES string of the molecule is CNC(=O)C1=CC(Cl)=CC=CCC1. The summed E-state index contributed by atoms with van der Waals surface area (Å²) in [4.78, 5) is 11.3. The molecule has 0 spiro atoms. The van der Waals surface area contributed by atoms with Crippen LogP contribution in [0.4, 0.5) is 0 Å². The molecule has 1 N–H and O–H groups in total. The van der Waals surface area contributed by atoms with Crippen LogP contribution in [0, 0.1) is 0 Å². The van der Waals surface area contributed by atoms with E-state index in [1.807, 2.05) is 12.2 Å². The molecule has 0 saturated carbocycles. The molecule has 3 heteroatoms. The van der Waals surface area contributed by atoms with Crippen LogP contribution < -0.4 is 5.32 Å². The first-order valence-electron chi connectivity index (χ1n) is 4.19. The highest BCUT2D eigenvalue weighted by Crippen LogP contribution is 2.15. The van der Waals surface area contributed by atoms with Crippen LogP contribution in [0.1, 0.15) is 12.8 Å². The predicted octanol–water partition coefficient (Wildman–Crippen LogP) is 2.13. The number of likely N-dealkylation sites (N-methyl/N-ethyl adjacent to an activating group) is 1. The molecule has 0 atom stereocenters. The van der Waals surface area contributed by atoms with E-state index in [1.54, 1.807) is 19.2 Å². The van der Waals surface area contributed by atoms with Crippen molar-refractivity contribution in [1.82, 2.24) is 5.32 Å². The van der Waals surface area contributed by atoms with Gasteiger partial charge in [-0.3, -0.25) is 4.79 Å². The number of amides is 1. The van der Waals surface area contributed by atoms with Crippen molar-refractivity contribution in [2.75, 3.05) is 7.05 Å². The maximum atomic E-state index is 11.3. The van der Waals surface area contributed by atoms with Crippen molar-refractivity contribution < 1.29 is 4.79 Å². The molecule has 0 aromatic heterocycles. The van der Waals surface area contributed by atoms with Gasteiger partial charge in [0.15, 0.2) is 0 Å². The van der Waals surface area contributed by atoms with Crippen LogP contribution in [-0.2, 0) is 4.79 Å². The van der Waals surface area contributed by atoms with E-state index >= 15 is 0 Å². The zero-order valence-electron chi connectivity index (χ0n) is 7.51. The number of hydrogen-bond acceptors (Lipinski definition) is 1. The lowest BCUT2D eigenvalue weighted by molar-refractivity contribution is -0.117. The van der Waals surface area contributed by atoms with Crippen molar-refractivity contribution in [3.05, 3.63) is 34.9 Å². The summed E-state index contributed by atoms with van der Waals surface area (Å²) in [6, 6.07) is 0. The summed E-state index contributed by atoms with van der Waals surface area (Å²) >= 11 is 5.84. The molecule has 0 radical (unpaired) electrons. The molecule has 2 nitrogen and oxygen atoms in total. The third-order valence-electron chi connectivity index (χ3n) is 1.80. The molecular formula is C10H12ClNO. The maximum Gasteiger partial charge on any atom is 0.247 e.